The van der Waals surface area contributed by atoms with E-state index in [4.69, 9.17) is 4.74 Å². The van der Waals surface area contributed by atoms with E-state index in [0.717, 1.165) is 22.3 Å². The molecule has 1 aliphatic carbocycles. The van der Waals surface area contributed by atoms with Gasteiger partial charge in [0.1, 0.15) is 6.61 Å². The fourth-order valence-corrected chi connectivity index (χ4v) is 5.32. The largest absolute Gasteiger partial charge is 0.478 e. The molecule has 0 heterocycles. The first kappa shape index (κ1) is 24.7. The average Bonchev–Trinajstić information content (AvgIpc) is 3.15. The Morgan fingerprint density at radius 2 is 1.60 bits per heavy atom. The number of hydrogen-bond acceptors (Lipinski definition) is 4. The summed E-state index contributed by atoms with van der Waals surface area (Å²) in [6.45, 7) is 0.261. The average molecular weight is 600 g/mol. The Morgan fingerprint density at radius 3 is 2.23 bits per heavy atom. The van der Waals surface area contributed by atoms with Crippen LogP contribution in [-0.2, 0) is 9.53 Å². The number of carboxylic acid groups (broad SMARTS) is 1. The molecule has 4 rings (SSSR count). The van der Waals surface area contributed by atoms with Crippen molar-refractivity contribution in [3.05, 3.63) is 98.5 Å². The van der Waals surface area contributed by atoms with E-state index in [1.54, 1.807) is 6.07 Å². The van der Waals surface area contributed by atoms with Gasteiger partial charge in [-0.25, -0.2) is 9.59 Å². The molecule has 3 aromatic carbocycles. The van der Waals surface area contributed by atoms with Crippen molar-refractivity contribution in [3.8, 4) is 11.1 Å². The third-order valence-electron chi connectivity index (χ3n) is 5.51. The molecule has 0 saturated heterocycles. The summed E-state index contributed by atoms with van der Waals surface area (Å²) in [6, 6.07) is 19.2. The van der Waals surface area contributed by atoms with Crippen molar-refractivity contribution >= 4 is 55.5 Å². The summed E-state index contributed by atoms with van der Waals surface area (Å²) in [6.07, 6.45) is 2.06. The number of anilines is 1. The van der Waals surface area contributed by atoms with Crippen LogP contribution in [-0.4, -0.2) is 36.2 Å². The zero-order valence-electron chi connectivity index (χ0n) is 18.3. The number of fused-ring (bicyclic) bond motifs is 3. The van der Waals surface area contributed by atoms with E-state index in [1.807, 2.05) is 36.4 Å². The maximum absolute atomic E-state index is 12.2. The monoisotopic (exact) mass is 598 g/mol. The van der Waals surface area contributed by atoms with Crippen molar-refractivity contribution in [2.75, 3.05) is 18.5 Å². The van der Waals surface area contributed by atoms with Crippen LogP contribution in [0.2, 0.25) is 0 Å². The Morgan fingerprint density at radius 1 is 0.971 bits per heavy atom. The zero-order chi connectivity index (χ0) is 24.9. The highest BCUT2D eigenvalue weighted by molar-refractivity contribution is 9.11. The predicted octanol–water partition coefficient (Wildman–Crippen LogP) is 5.94. The van der Waals surface area contributed by atoms with Crippen LogP contribution in [0.5, 0.6) is 0 Å². The molecule has 1 aliphatic rings. The van der Waals surface area contributed by atoms with Crippen LogP contribution in [0.4, 0.5) is 10.5 Å². The lowest BCUT2D eigenvalue weighted by Gasteiger charge is -2.14. The summed E-state index contributed by atoms with van der Waals surface area (Å²) in [5.41, 5.74) is 4.62. The summed E-state index contributed by atoms with van der Waals surface area (Å²) in [5, 5.41) is 14.5. The molecular formula is C26H20Br2N2O5. The molecule has 7 nitrogen and oxygen atoms in total. The molecule has 0 unspecified atom stereocenters. The SMILES string of the molecule is O=C(/C=C/CNC(=O)OCC1c2ccccc2-c2ccccc21)Nc1c(Br)cc(Br)cc1C(=O)O. The van der Waals surface area contributed by atoms with Gasteiger partial charge >= 0.3 is 12.1 Å². The second-order valence-corrected chi connectivity index (χ2v) is 9.48. The molecular weight excluding hydrogens is 580 g/mol. The number of carbonyl (C=O) groups is 3. The van der Waals surface area contributed by atoms with Crippen molar-refractivity contribution in [1.29, 1.82) is 0 Å². The maximum Gasteiger partial charge on any atom is 0.407 e. The number of rotatable bonds is 7. The minimum Gasteiger partial charge on any atom is -0.478 e. The molecule has 3 aromatic rings. The summed E-state index contributed by atoms with van der Waals surface area (Å²) in [4.78, 5) is 35.9. The lowest BCUT2D eigenvalue weighted by molar-refractivity contribution is -0.111. The number of halogens is 2. The molecule has 3 N–H and O–H groups in total. The van der Waals surface area contributed by atoms with Crippen molar-refractivity contribution in [2.24, 2.45) is 0 Å². The smallest absolute Gasteiger partial charge is 0.407 e. The van der Waals surface area contributed by atoms with E-state index in [9.17, 15) is 19.5 Å². The third kappa shape index (κ3) is 5.63. The van der Waals surface area contributed by atoms with Crippen LogP contribution in [0.3, 0.4) is 0 Å². The van der Waals surface area contributed by atoms with Gasteiger partial charge in [0.15, 0.2) is 0 Å². The number of nitrogens with one attached hydrogen (secondary N) is 2. The highest BCUT2D eigenvalue weighted by Crippen LogP contribution is 2.44. The van der Waals surface area contributed by atoms with E-state index in [-0.39, 0.29) is 30.3 Å². The van der Waals surface area contributed by atoms with Gasteiger partial charge in [0.2, 0.25) is 5.91 Å². The van der Waals surface area contributed by atoms with Crippen LogP contribution in [0.15, 0.2) is 81.8 Å². The molecule has 0 radical (unpaired) electrons. The van der Waals surface area contributed by atoms with E-state index >= 15 is 0 Å². The lowest BCUT2D eigenvalue weighted by atomic mass is 9.98. The normalized spacial score (nSPS) is 12.2. The topological polar surface area (TPSA) is 105 Å². The Labute approximate surface area is 218 Å². The van der Waals surface area contributed by atoms with E-state index in [0.29, 0.717) is 8.95 Å². The van der Waals surface area contributed by atoms with Gasteiger partial charge in [-0.15, -0.1) is 0 Å². The van der Waals surface area contributed by atoms with Crippen molar-refractivity contribution in [1.82, 2.24) is 5.32 Å². The van der Waals surface area contributed by atoms with Crippen LogP contribution >= 0.6 is 31.9 Å². The minimum atomic E-state index is -1.18. The quantitative estimate of drug-likeness (QED) is 0.291. The van der Waals surface area contributed by atoms with E-state index in [2.05, 4.69) is 54.6 Å². The molecule has 0 aromatic heterocycles. The van der Waals surface area contributed by atoms with Crippen molar-refractivity contribution in [3.63, 3.8) is 0 Å². The summed E-state index contributed by atoms with van der Waals surface area (Å²) in [5.74, 6) is -1.75. The number of alkyl carbamates (subject to hydrolysis) is 1. The van der Waals surface area contributed by atoms with Gasteiger partial charge in [0.05, 0.1) is 11.3 Å². The van der Waals surface area contributed by atoms with Crippen LogP contribution < -0.4 is 10.6 Å². The fourth-order valence-electron chi connectivity index (χ4n) is 3.99. The van der Waals surface area contributed by atoms with Gasteiger partial charge in [-0.05, 0) is 50.3 Å². The summed E-state index contributed by atoms with van der Waals surface area (Å²) < 4.78 is 6.43. The lowest BCUT2D eigenvalue weighted by Crippen LogP contribution is -2.26. The molecule has 0 spiro atoms. The highest BCUT2D eigenvalue weighted by atomic mass is 79.9. The standard InChI is InChI=1S/C26H20Br2N2O5/c27-15-12-20(25(32)33)24(22(28)13-15)30-23(31)10-5-11-29-26(34)35-14-21-18-8-3-1-6-16(18)17-7-2-4-9-19(17)21/h1-10,12-13,21H,11,14H2,(H,29,34)(H,30,31)(H,32,33)/b10-5+. The number of aromatic carboxylic acids is 1. The van der Waals surface area contributed by atoms with E-state index in [1.165, 1.54) is 18.2 Å². The number of amides is 2. The van der Waals surface area contributed by atoms with Crippen molar-refractivity contribution < 1.29 is 24.2 Å². The summed E-state index contributed by atoms with van der Waals surface area (Å²) >= 11 is 6.48. The van der Waals surface area contributed by atoms with Gasteiger partial charge in [-0.2, -0.15) is 0 Å². The van der Waals surface area contributed by atoms with Crippen LogP contribution in [0.1, 0.15) is 27.4 Å². The molecule has 0 bridgehead atoms. The van der Waals surface area contributed by atoms with Gasteiger partial charge in [-0.1, -0.05) is 70.5 Å². The second kappa shape index (κ2) is 10.9. The number of carbonyl (C=O) groups excluding carboxylic acids is 2. The number of ether oxygens (including phenoxy) is 1. The zero-order valence-corrected chi connectivity index (χ0v) is 21.4. The van der Waals surface area contributed by atoms with Gasteiger partial charge in [0, 0.05) is 27.5 Å². The molecule has 2 amide bonds. The summed E-state index contributed by atoms with van der Waals surface area (Å²) in [7, 11) is 0. The Balaban J connectivity index is 1.29. The minimum absolute atomic E-state index is 0.0396. The molecule has 0 atom stereocenters. The molecule has 0 saturated carbocycles. The Bertz CT molecular complexity index is 1290. The van der Waals surface area contributed by atoms with Crippen molar-refractivity contribution in [2.45, 2.75) is 5.92 Å². The second-order valence-electron chi connectivity index (χ2n) is 7.71. The fraction of sp³-hybridized carbons (Fsp3) is 0.115. The molecule has 0 aliphatic heterocycles. The van der Waals surface area contributed by atoms with Crippen LogP contribution in [0, 0.1) is 0 Å². The van der Waals surface area contributed by atoms with Gasteiger partial charge in [-0.3, -0.25) is 4.79 Å². The maximum atomic E-state index is 12.2. The molecule has 35 heavy (non-hydrogen) atoms. The van der Waals surface area contributed by atoms with Gasteiger partial charge < -0.3 is 20.5 Å². The third-order valence-corrected chi connectivity index (χ3v) is 6.59. The molecule has 9 heteroatoms. The Hall–Kier alpha value is -3.43. The van der Waals surface area contributed by atoms with Gasteiger partial charge in [0.25, 0.3) is 0 Å². The molecule has 178 valence electrons. The Kier molecular flexibility index (Phi) is 7.67. The highest BCUT2D eigenvalue weighted by Gasteiger charge is 2.28. The number of benzene rings is 3. The van der Waals surface area contributed by atoms with Crippen LogP contribution in [0.25, 0.3) is 11.1 Å². The first-order chi connectivity index (χ1) is 16.8. The van der Waals surface area contributed by atoms with E-state index < -0.39 is 18.0 Å². The first-order valence-electron chi connectivity index (χ1n) is 10.6. The first-order valence-corrected chi connectivity index (χ1v) is 12.2. The predicted molar refractivity (Wildman–Crippen MR) is 140 cm³/mol. The number of carboxylic acids is 1. The number of hydrogen-bond donors (Lipinski definition) is 3. The molecule has 0 fully saturated rings.